The highest BCUT2D eigenvalue weighted by atomic mass is 35.5. The van der Waals surface area contributed by atoms with Crippen LogP contribution in [0.25, 0.3) is 0 Å². The molecule has 1 aromatic heterocycles. The van der Waals surface area contributed by atoms with E-state index in [0.717, 1.165) is 4.88 Å². The van der Waals surface area contributed by atoms with Crippen LogP contribution in [-0.4, -0.2) is 29.4 Å². The van der Waals surface area contributed by atoms with Crippen molar-refractivity contribution in [1.82, 2.24) is 15.6 Å². The van der Waals surface area contributed by atoms with Crippen molar-refractivity contribution in [1.29, 1.82) is 0 Å². The number of nitro groups is 1. The molecule has 0 aliphatic rings. The number of hydrogen-bond acceptors (Lipinski definition) is 5. The molecule has 0 amide bonds. The van der Waals surface area contributed by atoms with E-state index < -0.39 is 5.03 Å². The monoisotopic (exact) mass is 263 g/mol. The number of aromatic nitrogens is 1. The number of rotatable bonds is 5. The number of amidine groups is 1. The zero-order valence-corrected chi connectivity index (χ0v) is 10.0. The quantitative estimate of drug-likeness (QED) is 0.353. The molecule has 1 heterocycles. The van der Waals surface area contributed by atoms with E-state index in [-0.39, 0.29) is 12.4 Å². The number of likely N-dealkylation sites (N-methyl/N-ethyl adjacent to an activating group) is 1. The maximum absolute atomic E-state index is 10.1. The summed E-state index contributed by atoms with van der Waals surface area (Å²) in [4.78, 5) is 15.0. The molecule has 9 heteroatoms. The molecule has 0 saturated carbocycles. The lowest BCUT2D eigenvalue weighted by Crippen LogP contribution is -2.32. The van der Waals surface area contributed by atoms with Gasteiger partial charge >= 0.3 is 0 Å². The van der Waals surface area contributed by atoms with E-state index in [4.69, 9.17) is 11.6 Å². The van der Waals surface area contributed by atoms with Crippen LogP contribution < -0.4 is 10.6 Å². The average molecular weight is 264 g/mol. The number of hydrogen-bond donors (Lipinski definition) is 2. The van der Waals surface area contributed by atoms with Crippen LogP contribution in [-0.2, 0) is 6.54 Å². The zero-order valence-electron chi connectivity index (χ0n) is 8.44. The van der Waals surface area contributed by atoms with Crippen LogP contribution in [0.4, 0.5) is 0 Å². The first-order chi connectivity index (χ1) is 7.61. The van der Waals surface area contributed by atoms with Crippen molar-refractivity contribution >= 4 is 28.8 Å². The summed E-state index contributed by atoms with van der Waals surface area (Å²) in [5.74, 6) is 0.264. The molecule has 0 atom stereocenters. The van der Waals surface area contributed by atoms with Gasteiger partial charge in [-0.2, -0.15) is 0 Å². The molecule has 7 nitrogen and oxygen atoms in total. The maximum atomic E-state index is 10.1. The Morgan fingerprint density at radius 2 is 2.56 bits per heavy atom. The number of nitrogens with zero attached hydrogens (tertiary/aromatic N) is 3. The molecule has 0 aliphatic carbocycles. The molecule has 0 aliphatic heterocycles. The Morgan fingerprint density at radius 1 is 1.81 bits per heavy atom. The van der Waals surface area contributed by atoms with E-state index in [9.17, 15) is 10.1 Å². The Kier molecular flexibility index (Phi) is 5.09. The summed E-state index contributed by atoms with van der Waals surface area (Å²) in [5.41, 5.74) is 0. The minimum Gasteiger partial charge on any atom is -0.370 e. The summed E-state index contributed by atoms with van der Waals surface area (Å²) in [6.45, 7) is 0.829. The van der Waals surface area contributed by atoms with Crippen LogP contribution in [0.2, 0.25) is 4.47 Å². The lowest BCUT2D eigenvalue weighted by Gasteiger charge is -2.02. The molecule has 88 valence electrons. The Labute approximate surface area is 101 Å². The van der Waals surface area contributed by atoms with Gasteiger partial charge in [-0.25, -0.2) is 15.1 Å². The molecule has 1 aromatic rings. The fourth-order valence-electron chi connectivity index (χ4n) is 0.942. The number of nitrogens with one attached hydrogen (secondary N) is 2. The molecular formula is C7H10ClN5O2S. The van der Waals surface area contributed by atoms with Gasteiger partial charge in [0, 0.05) is 24.7 Å². The van der Waals surface area contributed by atoms with Gasteiger partial charge in [-0.15, -0.1) is 11.3 Å². The fraction of sp³-hybridized carbons (Fsp3) is 0.429. The van der Waals surface area contributed by atoms with Crippen LogP contribution in [0, 0.1) is 10.1 Å². The molecule has 2 N–H and O–H groups in total. The lowest BCUT2D eigenvalue weighted by molar-refractivity contribution is -0.485. The van der Waals surface area contributed by atoms with E-state index in [0.29, 0.717) is 11.0 Å². The van der Waals surface area contributed by atoms with E-state index in [1.165, 1.54) is 11.3 Å². The van der Waals surface area contributed by atoms with E-state index >= 15 is 0 Å². The molecule has 16 heavy (non-hydrogen) atoms. The van der Waals surface area contributed by atoms with Crippen LogP contribution in [0.5, 0.6) is 0 Å². The molecule has 1 rings (SSSR count). The first-order valence-corrected chi connectivity index (χ1v) is 5.52. The SMILES string of the molecule is CN/C(CNCc1cnc(Cl)s1)=N\[N+](=O)[O-]. The zero-order chi connectivity index (χ0) is 12.0. The van der Waals surface area contributed by atoms with Gasteiger partial charge in [0.05, 0.1) is 11.6 Å². The second-order valence-corrected chi connectivity index (χ2v) is 4.41. The van der Waals surface area contributed by atoms with Gasteiger partial charge in [-0.05, 0) is 0 Å². The fourth-order valence-corrected chi connectivity index (χ4v) is 1.89. The standard InChI is InChI=1S/C7H10ClN5O2S/c1-9-6(12-13(14)15)4-10-2-5-3-11-7(8)16-5/h3,10H,2,4H2,1H3,(H,9,12). The van der Waals surface area contributed by atoms with Gasteiger partial charge in [-0.3, -0.25) is 0 Å². The van der Waals surface area contributed by atoms with Gasteiger partial charge < -0.3 is 10.6 Å². The highest BCUT2D eigenvalue weighted by Gasteiger charge is 2.03. The van der Waals surface area contributed by atoms with Gasteiger partial charge in [0.25, 0.3) is 0 Å². The maximum Gasteiger partial charge on any atom is 0.192 e. The van der Waals surface area contributed by atoms with Crippen LogP contribution in [0.3, 0.4) is 0 Å². The van der Waals surface area contributed by atoms with Crippen LogP contribution in [0.1, 0.15) is 4.88 Å². The van der Waals surface area contributed by atoms with Gasteiger partial charge in [0.15, 0.2) is 15.3 Å². The van der Waals surface area contributed by atoms with Crippen molar-refractivity contribution in [2.24, 2.45) is 5.10 Å². The summed E-state index contributed by atoms with van der Waals surface area (Å²) < 4.78 is 0.476. The van der Waals surface area contributed by atoms with Gasteiger partial charge in [0.1, 0.15) is 0 Å². The summed E-state index contributed by atoms with van der Waals surface area (Å²) in [6, 6.07) is 0. The Bertz CT molecular complexity index is 394. The van der Waals surface area contributed by atoms with Crippen molar-refractivity contribution in [3.63, 3.8) is 0 Å². The van der Waals surface area contributed by atoms with Gasteiger partial charge in [0.2, 0.25) is 0 Å². The third-order valence-corrected chi connectivity index (χ3v) is 2.72. The second kappa shape index (κ2) is 6.36. The number of hydrazone groups is 1. The second-order valence-electron chi connectivity index (χ2n) is 2.72. The first kappa shape index (κ1) is 12.8. The predicted molar refractivity (Wildman–Crippen MR) is 62.3 cm³/mol. The van der Waals surface area contributed by atoms with Crippen molar-refractivity contribution < 1.29 is 5.03 Å². The van der Waals surface area contributed by atoms with Crippen LogP contribution >= 0.6 is 22.9 Å². The highest BCUT2D eigenvalue weighted by Crippen LogP contribution is 2.16. The minimum absolute atomic E-state index is 0.264. The normalized spacial score (nSPS) is 11.5. The first-order valence-electron chi connectivity index (χ1n) is 4.32. The van der Waals surface area contributed by atoms with E-state index in [1.807, 2.05) is 0 Å². The third-order valence-electron chi connectivity index (χ3n) is 1.61. The molecule has 0 bridgehead atoms. The van der Waals surface area contributed by atoms with Crippen molar-refractivity contribution in [2.45, 2.75) is 6.54 Å². The van der Waals surface area contributed by atoms with Crippen molar-refractivity contribution in [3.8, 4) is 0 Å². The summed E-state index contributed by atoms with van der Waals surface area (Å²) >= 11 is 7.01. The molecule has 0 unspecified atom stereocenters. The smallest absolute Gasteiger partial charge is 0.192 e. The number of halogens is 1. The third kappa shape index (κ3) is 4.51. The molecule has 0 saturated heterocycles. The molecule has 0 radical (unpaired) electrons. The lowest BCUT2D eigenvalue weighted by atomic mass is 10.5. The number of thiazole rings is 1. The Balaban J connectivity index is 2.37. The molecule has 0 aromatic carbocycles. The topological polar surface area (TPSA) is 92.5 Å². The molecule has 0 spiro atoms. The van der Waals surface area contributed by atoms with E-state index in [1.54, 1.807) is 13.2 Å². The molecule has 0 fully saturated rings. The summed E-state index contributed by atoms with van der Waals surface area (Å²) in [5, 5.41) is 18.2. The van der Waals surface area contributed by atoms with Crippen molar-refractivity contribution in [3.05, 3.63) is 25.7 Å². The summed E-state index contributed by atoms with van der Waals surface area (Å²) in [6.07, 6.45) is 1.66. The Hall–Kier alpha value is -1.25. The average Bonchev–Trinajstić information content (AvgIpc) is 2.62. The van der Waals surface area contributed by atoms with Crippen molar-refractivity contribution in [2.75, 3.05) is 13.6 Å². The van der Waals surface area contributed by atoms with Crippen LogP contribution in [0.15, 0.2) is 11.3 Å². The van der Waals surface area contributed by atoms with E-state index in [2.05, 4.69) is 20.7 Å². The highest BCUT2D eigenvalue weighted by molar-refractivity contribution is 7.15. The summed E-state index contributed by atoms with van der Waals surface area (Å²) in [7, 11) is 1.58. The largest absolute Gasteiger partial charge is 0.370 e. The minimum atomic E-state index is -0.739. The predicted octanol–water partition coefficient (Wildman–Crippen LogP) is 0.696. The molecular weight excluding hydrogens is 254 g/mol. The van der Waals surface area contributed by atoms with Gasteiger partial charge in [-0.1, -0.05) is 11.6 Å². The Morgan fingerprint density at radius 3 is 3.06 bits per heavy atom.